The van der Waals surface area contributed by atoms with Crippen LogP contribution in [0.5, 0.6) is 0 Å². The van der Waals surface area contributed by atoms with E-state index < -0.39 is 32.5 Å². The van der Waals surface area contributed by atoms with Gasteiger partial charge in [-0.05, 0) is 32.6 Å². The van der Waals surface area contributed by atoms with Crippen LogP contribution in [0.25, 0.3) is 0 Å². The van der Waals surface area contributed by atoms with E-state index >= 15 is 0 Å². The number of unbranched alkanes of at least 4 members (excludes halogenated alkanes) is 9. The zero-order chi connectivity index (χ0) is 23.4. The van der Waals surface area contributed by atoms with E-state index in [2.05, 4.69) is 17.5 Å². The summed E-state index contributed by atoms with van der Waals surface area (Å²) in [5.41, 5.74) is 0. The highest BCUT2D eigenvalue weighted by Gasteiger charge is 2.22. The number of carbonyl (C=O) groups is 2. The average Bonchev–Trinajstić information content (AvgIpc) is 2.71. The van der Waals surface area contributed by atoms with Gasteiger partial charge in [0.25, 0.3) is 0 Å². The van der Waals surface area contributed by atoms with Gasteiger partial charge < -0.3 is 19.3 Å². The minimum Gasteiger partial charge on any atom is -0.462 e. The topological polar surface area (TPSA) is 119 Å². The number of rotatable bonds is 20. The lowest BCUT2D eigenvalue weighted by molar-refractivity contribution is -0.161. The van der Waals surface area contributed by atoms with E-state index in [0.29, 0.717) is 6.42 Å². The van der Waals surface area contributed by atoms with Gasteiger partial charge in [0, 0.05) is 12.8 Å². The number of esters is 2. The molecule has 0 aromatic carbocycles. The lowest BCUT2D eigenvalue weighted by Gasteiger charge is -2.18. The van der Waals surface area contributed by atoms with Crippen molar-refractivity contribution in [1.29, 1.82) is 0 Å². The molecule has 0 aliphatic heterocycles. The molecule has 0 aliphatic carbocycles. The molecule has 31 heavy (non-hydrogen) atoms. The second kappa shape index (κ2) is 19.5. The smallest absolute Gasteiger partial charge is 0.462 e. The van der Waals surface area contributed by atoms with Crippen LogP contribution >= 0.6 is 7.82 Å². The molecule has 0 saturated heterocycles. The molecule has 0 aromatic heterocycles. The highest BCUT2D eigenvalue weighted by Crippen LogP contribution is 2.35. The molecule has 9 heteroatoms. The van der Waals surface area contributed by atoms with Crippen molar-refractivity contribution in [3.8, 4) is 0 Å². The molecule has 182 valence electrons. The largest absolute Gasteiger partial charge is 0.469 e. The van der Waals surface area contributed by atoms with Gasteiger partial charge in [-0.2, -0.15) is 0 Å². The Bertz CT molecular complexity index is 544. The van der Waals surface area contributed by atoms with Crippen LogP contribution in [0, 0.1) is 0 Å². The molecular formula is C22H41O8P. The zero-order valence-electron chi connectivity index (χ0n) is 19.1. The first-order valence-corrected chi connectivity index (χ1v) is 13.0. The van der Waals surface area contributed by atoms with Gasteiger partial charge in [-0.15, -0.1) is 0 Å². The van der Waals surface area contributed by atoms with Crippen LogP contribution in [0.1, 0.15) is 97.3 Å². The number of hydrogen-bond donors (Lipinski definition) is 2. The highest BCUT2D eigenvalue weighted by atomic mass is 31.2. The number of carbonyl (C=O) groups excluding carboxylic acids is 2. The molecule has 0 fully saturated rings. The van der Waals surface area contributed by atoms with Crippen LogP contribution in [0.4, 0.5) is 0 Å². The van der Waals surface area contributed by atoms with Crippen LogP contribution in [0.2, 0.25) is 0 Å². The van der Waals surface area contributed by atoms with Gasteiger partial charge in [0.15, 0.2) is 6.10 Å². The van der Waals surface area contributed by atoms with Crippen molar-refractivity contribution in [2.45, 2.75) is 103 Å². The fraction of sp³-hybridized carbons (Fsp3) is 0.818. The Hall–Kier alpha value is -1.21. The molecule has 2 N–H and O–H groups in total. The maximum absolute atomic E-state index is 12.0. The first-order chi connectivity index (χ1) is 14.8. The molecule has 0 heterocycles. The Balaban J connectivity index is 4.20. The predicted octanol–water partition coefficient (Wildman–Crippen LogP) is 5.22. The van der Waals surface area contributed by atoms with Gasteiger partial charge in [-0.1, -0.05) is 64.0 Å². The second-order valence-electron chi connectivity index (χ2n) is 7.62. The van der Waals surface area contributed by atoms with Crippen molar-refractivity contribution in [3.63, 3.8) is 0 Å². The number of ether oxygens (including phenoxy) is 2. The van der Waals surface area contributed by atoms with Crippen molar-refractivity contribution in [2.24, 2.45) is 0 Å². The third kappa shape index (κ3) is 21.8. The number of hydrogen-bond acceptors (Lipinski definition) is 6. The molecule has 0 aliphatic rings. The van der Waals surface area contributed by atoms with Crippen molar-refractivity contribution < 1.29 is 37.9 Å². The first-order valence-electron chi connectivity index (χ1n) is 11.4. The quantitative estimate of drug-likeness (QED) is 0.109. The predicted molar refractivity (Wildman–Crippen MR) is 119 cm³/mol. The summed E-state index contributed by atoms with van der Waals surface area (Å²) in [7, 11) is -4.72. The van der Waals surface area contributed by atoms with E-state index in [1.165, 1.54) is 0 Å². The Labute approximate surface area is 187 Å². The molecule has 0 bridgehead atoms. The van der Waals surface area contributed by atoms with Crippen molar-refractivity contribution >= 4 is 19.8 Å². The van der Waals surface area contributed by atoms with Gasteiger partial charge in [0.05, 0.1) is 6.61 Å². The lowest BCUT2D eigenvalue weighted by atomic mass is 10.1. The SMILES string of the molecule is C/C=C\CCCCCCCC(=O)O[C@H](COC(=O)CCCCCCC)COP(=O)(O)O. The lowest BCUT2D eigenvalue weighted by Crippen LogP contribution is -2.29. The van der Waals surface area contributed by atoms with Crippen LogP contribution in [-0.4, -0.2) is 41.0 Å². The zero-order valence-corrected chi connectivity index (χ0v) is 20.0. The molecule has 0 radical (unpaired) electrons. The molecular weight excluding hydrogens is 423 g/mol. The third-order valence-electron chi connectivity index (χ3n) is 4.63. The number of allylic oxidation sites excluding steroid dienone is 2. The summed E-state index contributed by atoms with van der Waals surface area (Å²) in [5, 5.41) is 0. The molecule has 0 unspecified atom stereocenters. The molecule has 0 saturated carbocycles. The Morgan fingerprint density at radius 3 is 2.06 bits per heavy atom. The van der Waals surface area contributed by atoms with Gasteiger partial charge in [-0.25, -0.2) is 4.57 Å². The fourth-order valence-corrected chi connectivity index (χ4v) is 3.26. The molecule has 0 aromatic rings. The molecule has 1 atom stereocenters. The molecule has 0 rings (SSSR count). The average molecular weight is 465 g/mol. The number of phosphoric ester groups is 1. The summed E-state index contributed by atoms with van der Waals surface area (Å²) >= 11 is 0. The molecule has 0 amide bonds. The Kier molecular flexibility index (Phi) is 18.7. The van der Waals surface area contributed by atoms with Gasteiger partial charge in [0.2, 0.25) is 0 Å². The second-order valence-corrected chi connectivity index (χ2v) is 8.86. The fourth-order valence-electron chi connectivity index (χ4n) is 2.90. The third-order valence-corrected chi connectivity index (χ3v) is 5.11. The Morgan fingerprint density at radius 2 is 1.45 bits per heavy atom. The van der Waals surface area contributed by atoms with Crippen molar-refractivity contribution in [2.75, 3.05) is 13.2 Å². The minimum absolute atomic E-state index is 0.201. The Morgan fingerprint density at radius 1 is 0.871 bits per heavy atom. The monoisotopic (exact) mass is 464 g/mol. The van der Waals surface area contributed by atoms with E-state index in [1.54, 1.807) is 0 Å². The van der Waals surface area contributed by atoms with E-state index in [0.717, 1.165) is 64.2 Å². The van der Waals surface area contributed by atoms with E-state index in [-0.39, 0.29) is 19.4 Å². The minimum atomic E-state index is -4.72. The number of phosphoric acid groups is 1. The summed E-state index contributed by atoms with van der Waals surface area (Å²) in [6, 6.07) is 0. The summed E-state index contributed by atoms with van der Waals surface area (Å²) in [5.74, 6) is -0.921. The van der Waals surface area contributed by atoms with E-state index in [1.807, 2.05) is 13.0 Å². The maximum Gasteiger partial charge on any atom is 0.469 e. The van der Waals surface area contributed by atoms with Crippen molar-refractivity contribution in [3.05, 3.63) is 12.2 Å². The van der Waals surface area contributed by atoms with Crippen LogP contribution in [0.3, 0.4) is 0 Å². The molecule has 0 spiro atoms. The van der Waals surface area contributed by atoms with E-state index in [9.17, 15) is 14.2 Å². The van der Waals surface area contributed by atoms with E-state index in [4.69, 9.17) is 19.3 Å². The van der Waals surface area contributed by atoms with Crippen LogP contribution in [0.15, 0.2) is 12.2 Å². The summed E-state index contributed by atoms with van der Waals surface area (Å²) in [4.78, 5) is 41.7. The maximum atomic E-state index is 12.0. The van der Waals surface area contributed by atoms with Gasteiger partial charge in [-0.3, -0.25) is 14.1 Å². The highest BCUT2D eigenvalue weighted by molar-refractivity contribution is 7.46. The first kappa shape index (κ1) is 29.8. The standard InChI is InChI=1S/C22H41O8P/c1-3-5-7-9-10-11-13-15-17-22(24)30-20(19-29-31(25,26)27)18-28-21(23)16-14-12-8-6-4-2/h3,5,20H,4,6-19H2,1-2H3,(H2,25,26,27)/b5-3-/t20-/m1/s1. The van der Waals surface area contributed by atoms with Crippen LogP contribution < -0.4 is 0 Å². The normalized spacial score (nSPS) is 12.8. The van der Waals surface area contributed by atoms with Crippen molar-refractivity contribution in [1.82, 2.24) is 0 Å². The summed E-state index contributed by atoms with van der Waals surface area (Å²) < 4.78 is 25.7. The summed E-state index contributed by atoms with van der Waals surface area (Å²) in [6.07, 6.45) is 14.5. The van der Waals surface area contributed by atoms with Gasteiger partial charge >= 0.3 is 19.8 Å². The molecule has 8 nitrogen and oxygen atoms in total. The van der Waals surface area contributed by atoms with Gasteiger partial charge in [0.1, 0.15) is 6.61 Å². The summed E-state index contributed by atoms with van der Waals surface area (Å²) in [6.45, 7) is 3.29. The van der Waals surface area contributed by atoms with Crippen LogP contribution in [-0.2, 0) is 28.2 Å².